The third kappa shape index (κ3) is 1.60. The Morgan fingerprint density at radius 2 is 2.50 bits per heavy atom. The molecule has 0 atom stereocenters. The Labute approximate surface area is 64.9 Å². The van der Waals surface area contributed by atoms with Gasteiger partial charge in [-0.1, -0.05) is 0 Å². The summed E-state index contributed by atoms with van der Waals surface area (Å²) in [6, 6.07) is 2.20. The van der Waals surface area contributed by atoms with Crippen LogP contribution in [-0.4, -0.2) is 17.1 Å². The number of rotatable bonds is 2. The van der Waals surface area contributed by atoms with E-state index in [0.29, 0.717) is 11.8 Å². The highest BCUT2D eigenvalue weighted by molar-refractivity contribution is 7.79. The van der Waals surface area contributed by atoms with Crippen LogP contribution in [0.1, 0.15) is 5.69 Å². The normalized spacial score (nSPS) is 9.40. The molecule has 3 nitrogen and oxygen atoms in total. The molecule has 1 aromatic heterocycles. The molecule has 0 saturated heterocycles. The molecule has 0 spiro atoms. The Bertz CT molecular complexity index is 197. The van der Waals surface area contributed by atoms with Gasteiger partial charge in [-0.2, -0.15) is 17.6 Å². The van der Waals surface area contributed by atoms with Crippen LogP contribution in [0, 0.1) is 0 Å². The molecule has 0 saturated carbocycles. The second kappa shape index (κ2) is 3.41. The smallest absolute Gasteiger partial charge is 0.316 e. The van der Waals surface area contributed by atoms with E-state index in [1.54, 1.807) is 12.3 Å². The second-order valence-electron chi connectivity index (χ2n) is 1.69. The number of ether oxygens (including phenoxy) is 1. The maximum atomic E-state index is 4.80. The minimum Gasteiger partial charge on any atom is -0.467 e. The van der Waals surface area contributed by atoms with Crippen LogP contribution in [0.5, 0.6) is 6.01 Å². The number of hydrogen-bond donors (Lipinski definition) is 1. The van der Waals surface area contributed by atoms with Crippen LogP contribution in [0.2, 0.25) is 0 Å². The molecule has 4 heteroatoms. The molecule has 1 heterocycles. The van der Waals surface area contributed by atoms with Crippen molar-refractivity contribution in [1.82, 2.24) is 9.97 Å². The second-order valence-corrected chi connectivity index (χ2v) is 2.01. The Hall–Kier alpha value is -0.770. The van der Waals surface area contributed by atoms with Crippen molar-refractivity contribution in [3.05, 3.63) is 18.0 Å². The largest absolute Gasteiger partial charge is 0.467 e. The predicted octanol–water partition coefficient (Wildman–Crippen LogP) is 0.915. The number of methoxy groups -OCH3 is 1. The lowest BCUT2D eigenvalue weighted by atomic mass is 10.5. The van der Waals surface area contributed by atoms with Gasteiger partial charge in [0.1, 0.15) is 0 Å². The minimum absolute atomic E-state index is 0.395. The maximum absolute atomic E-state index is 4.80. The monoisotopic (exact) mass is 156 g/mol. The zero-order valence-electron chi connectivity index (χ0n) is 5.61. The zero-order valence-corrected chi connectivity index (χ0v) is 6.51. The van der Waals surface area contributed by atoms with Crippen LogP contribution < -0.4 is 4.74 Å². The Balaban J connectivity index is 2.87. The van der Waals surface area contributed by atoms with Crippen LogP contribution in [-0.2, 0) is 5.75 Å². The van der Waals surface area contributed by atoms with Crippen molar-refractivity contribution >= 4 is 12.6 Å². The quantitative estimate of drug-likeness (QED) is 0.646. The SMILES string of the molecule is COc1nccc(CS)n1. The van der Waals surface area contributed by atoms with Crippen LogP contribution in [0.25, 0.3) is 0 Å². The molecule has 0 aliphatic carbocycles. The van der Waals surface area contributed by atoms with Gasteiger partial charge in [-0.3, -0.25) is 0 Å². The van der Waals surface area contributed by atoms with Gasteiger partial charge in [0.05, 0.1) is 12.8 Å². The number of thiol groups is 1. The summed E-state index contributed by atoms with van der Waals surface area (Å²) in [7, 11) is 1.54. The average molecular weight is 156 g/mol. The van der Waals surface area contributed by atoms with Crippen molar-refractivity contribution in [3.8, 4) is 6.01 Å². The predicted molar refractivity (Wildman–Crippen MR) is 41.3 cm³/mol. The standard InChI is InChI=1S/C6H8N2OS/c1-9-6-7-3-2-5(4-10)8-6/h2-3,10H,4H2,1H3. The number of aromatic nitrogens is 2. The summed E-state index contributed by atoms with van der Waals surface area (Å²) in [5.74, 6) is 0.610. The molecule has 54 valence electrons. The Kier molecular flexibility index (Phi) is 2.50. The summed E-state index contributed by atoms with van der Waals surface area (Å²) >= 11 is 4.05. The summed E-state index contributed by atoms with van der Waals surface area (Å²) in [5.41, 5.74) is 0.871. The highest BCUT2D eigenvalue weighted by Crippen LogP contribution is 2.03. The molecule has 0 amide bonds. The molecule has 0 aliphatic heterocycles. The molecule has 0 unspecified atom stereocenters. The lowest BCUT2D eigenvalue weighted by Crippen LogP contribution is -1.93. The van der Waals surface area contributed by atoms with E-state index < -0.39 is 0 Å². The van der Waals surface area contributed by atoms with E-state index >= 15 is 0 Å². The fourth-order valence-electron chi connectivity index (χ4n) is 0.562. The summed E-state index contributed by atoms with van der Waals surface area (Å²) < 4.78 is 4.80. The minimum atomic E-state index is 0.395. The average Bonchev–Trinajstić information content (AvgIpc) is 2.05. The van der Waals surface area contributed by atoms with Gasteiger partial charge in [0, 0.05) is 11.9 Å². The van der Waals surface area contributed by atoms with Gasteiger partial charge >= 0.3 is 6.01 Å². The van der Waals surface area contributed by atoms with Crippen molar-refractivity contribution in [3.63, 3.8) is 0 Å². The number of nitrogens with zero attached hydrogens (tertiary/aromatic N) is 2. The van der Waals surface area contributed by atoms with E-state index in [4.69, 9.17) is 4.74 Å². The molecule has 0 bridgehead atoms. The van der Waals surface area contributed by atoms with Crippen molar-refractivity contribution in [2.45, 2.75) is 5.75 Å². The third-order valence-electron chi connectivity index (χ3n) is 1.04. The highest BCUT2D eigenvalue weighted by Gasteiger charge is 1.94. The van der Waals surface area contributed by atoms with Gasteiger partial charge in [-0.25, -0.2) is 4.98 Å². The van der Waals surface area contributed by atoms with Crippen molar-refractivity contribution in [2.75, 3.05) is 7.11 Å². The van der Waals surface area contributed by atoms with Gasteiger partial charge in [-0.15, -0.1) is 0 Å². The molecule has 0 aromatic carbocycles. The van der Waals surface area contributed by atoms with E-state index in [-0.39, 0.29) is 0 Å². The van der Waals surface area contributed by atoms with Crippen LogP contribution in [0.3, 0.4) is 0 Å². The third-order valence-corrected chi connectivity index (χ3v) is 1.36. The molecule has 0 radical (unpaired) electrons. The van der Waals surface area contributed by atoms with Gasteiger partial charge in [0.2, 0.25) is 0 Å². The molecule has 1 aromatic rings. The van der Waals surface area contributed by atoms with Crippen molar-refractivity contribution in [1.29, 1.82) is 0 Å². The van der Waals surface area contributed by atoms with E-state index in [1.807, 2.05) is 0 Å². The first-order valence-corrected chi connectivity index (χ1v) is 3.47. The lowest BCUT2D eigenvalue weighted by Gasteiger charge is -1.97. The van der Waals surface area contributed by atoms with Gasteiger partial charge in [0.25, 0.3) is 0 Å². The maximum Gasteiger partial charge on any atom is 0.316 e. The fraction of sp³-hybridized carbons (Fsp3) is 0.333. The molecular formula is C6H8N2OS. The lowest BCUT2D eigenvalue weighted by molar-refractivity contribution is 0.378. The van der Waals surface area contributed by atoms with Crippen molar-refractivity contribution < 1.29 is 4.74 Å². The fourth-order valence-corrected chi connectivity index (χ4v) is 0.739. The number of hydrogen-bond acceptors (Lipinski definition) is 4. The van der Waals surface area contributed by atoms with E-state index in [0.717, 1.165) is 5.69 Å². The Morgan fingerprint density at radius 3 is 3.10 bits per heavy atom. The van der Waals surface area contributed by atoms with Gasteiger partial charge in [0.15, 0.2) is 0 Å². The zero-order chi connectivity index (χ0) is 7.40. The summed E-state index contributed by atoms with van der Waals surface area (Å²) in [5, 5.41) is 0. The van der Waals surface area contributed by atoms with Gasteiger partial charge in [-0.05, 0) is 6.07 Å². The summed E-state index contributed by atoms with van der Waals surface area (Å²) in [6.45, 7) is 0. The first-order chi connectivity index (χ1) is 4.86. The van der Waals surface area contributed by atoms with E-state index in [2.05, 4.69) is 22.6 Å². The molecule has 10 heavy (non-hydrogen) atoms. The van der Waals surface area contributed by atoms with Gasteiger partial charge < -0.3 is 4.74 Å². The molecule has 0 N–H and O–H groups in total. The first-order valence-electron chi connectivity index (χ1n) is 2.83. The highest BCUT2D eigenvalue weighted by atomic mass is 32.1. The van der Waals surface area contributed by atoms with E-state index in [9.17, 15) is 0 Å². The summed E-state index contributed by atoms with van der Waals surface area (Å²) in [6.07, 6.45) is 1.65. The topological polar surface area (TPSA) is 35.0 Å². The first kappa shape index (κ1) is 7.34. The molecule has 1 rings (SSSR count). The van der Waals surface area contributed by atoms with Crippen molar-refractivity contribution in [2.24, 2.45) is 0 Å². The molecular weight excluding hydrogens is 148 g/mol. The van der Waals surface area contributed by atoms with Crippen LogP contribution >= 0.6 is 12.6 Å². The molecule has 0 aliphatic rings. The van der Waals surface area contributed by atoms with E-state index in [1.165, 1.54) is 7.11 Å². The van der Waals surface area contributed by atoms with Crippen LogP contribution in [0.4, 0.5) is 0 Å². The summed E-state index contributed by atoms with van der Waals surface area (Å²) in [4.78, 5) is 7.84. The Morgan fingerprint density at radius 1 is 1.70 bits per heavy atom. The molecule has 0 fully saturated rings. The van der Waals surface area contributed by atoms with Crippen LogP contribution in [0.15, 0.2) is 12.3 Å².